The van der Waals surface area contributed by atoms with Gasteiger partial charge in [-0.1, -0.05) is 0 Å². The second-order valence-electron chi connectivity index (χ2n) is 3.03. The topological polar surface area (TPSA) is 55.1 Å². The molecule has 2 rings (SSSR count). The minimum atomic E-state index is -0.907. The smallest absolute Gasteiger partial charge is 0.337 e. The van der Waals surface area contributed by atoms with Crippen LogP contribution in [-0.4, -0.2) is 20.6 Å². The molecule has 0 aliphatic rings. The molecular weight excluding hydrogens is 180 g/mol. The van der Waals surface area contributed by atoms with E-state index in [9.17, 15) is 4.79 Å². The predicted molar refractivity (Wildman–Crippen MR) is 52.4 cm³/mol. The van der Waals surface area contributed by atoms with Gasteiger partial charge < -0.3 is 9.67 Å². The lowest BCUT2D eigenvalue weighted by Crippen LogP contribution is -1.94. The molecule has 0 radical (unpaired) electrons. The first-order chi connectivity index (χ1) is 6.74. The van der Waals surface area contributed by atoms with Gasteiger partial charge in [-0.2, -0.15) is 0 Å². The second-order valence-corrected chi connectivity index (χ2v) is 3.03. The van der Waals surface area contributed by atoms with Gasteiger partial charge in [0.1, 0.15) is 0 Å². The number of carbonyl (C=O) groups is 1. The van der Waals surface area contributed by atoms with Gasteiger partial charge in [0, 0.05) is 30.5 Å². The van der Waals surface area contributed by atoms with Crippen LogP contribution >= 0.6 is 0 Å². The Balaban J connectivity index is 2.80. The Morgan fingerprint density at radius 2 is 2.43 bits per heavy atom. The normalized spacial score (nSPS) is 10.6. The summed E-state index contributed by atoms with van der Waals surface area (Å²) in [6.07, 6.45) is 4.90. The summed E-state index contributed by atoms with van der Waals surface area (Å²) in [7, 11) is 0. The summed E-state index contributed by atoms with van der Waals surface area (Å²) in [5.41, 5.74) is 1.23. The Kier molecular flexibility index (Phi) is 1.96. The molecular formula is C10H10N2O2. The van der Waals surface area contributed by atoms with Crippen LogP contribution in [0.4, 0.5) is 0 Å². The molecule has 2 aromatic rings. The minimum Gasteiger partial charge on any atom is -0.478 e. The summed E-state index contributed by atoms with van der Waals surface area (Å²) in [5, 5.41) is 9.65. The summed E-state index contributed by atoms with van der Waals surface area (Å²) in [6.45, 7) is 2.74. The zero-order chi connectivity index (χ0) is 10.1. The van der Waals surface area contributed by atoms with Crippen LogP contribution in [0.5, 0.6) is 0 Å². The third-order valence-corrected chi connectivity index (χ3v) is 2.25. The molecule has 0 aliphatic carbocycles. The predicted octanol–water partition coefficient (Wildman–Crippen LogP) is 1.75. The highest BCUT2D eigenvalue weighted by atomic mass is 16.4. The lowest BCUT2D eigenvalue weighted by Gasteiger charge is -1.97. The van der Waals surface area contributed by atoms with Crippen molar-refractivity contribution in [1.29, 1.82) is 0 Å². The third-order valence-electron chi connectivity index (χ3n) is 2.25. The van der Waals surface area contributed by atoms with Crippen molar-refractivity contribution in [2.45, 2.75) is 13.5 Å². The zero-order valence-electron chi connectivity index (χ0n) is 7.77. The van der Waals surface area contributed by atoms with Gasteiger partial charge in [0.05, 0.1) is 11.1 Å². The molecule has 0 bridgehead atoms. The maximum Gasteiger partial charge on any atom is 0.337 e. The molecule has 72 valence electrons. The highest BCUT2D eigenvalue weighted by Crippen LogP contribution is 2.19. The van der Waals surface area contributed by atoms with Crippen LogP contribution in [0.2, 0.25) is 0 Å². The van der Waals surface area contributed by atoms with Crippen molar-refractivity contribution in [3.63, 3.8) is 0 Å². The standard InChI is InChI=1S/C10H10N2O2/c1-2-12-6-8(10(13)14)7-5-11-4-3-9(7)12/h3-6H,2H2,1H3,(H,13,14). The molecule has 4 heteroatoms. The molecule has 0 saturated heterocycles. The molecule has 1 N–H and O–H groups in total. The van der Waals surface area contributed by atoms with E-state index in [2.05, 4.69) is 4.98 Å². The van der Waals surface area contributed by atoms with Crippen LogP contribution < -0.4 is 0 Å². The van der Waals surface area contributed by atoms with Crippen molar-refractivity contribution < 1.29 is 9.90 Å². The fourth-order valence-corrected chi connectivity index (χ4v) is 1.57. The van der Waals surface area contributed by atoms with E-state index in [1.54, 1.807) is 18.6 Å². The molecule has 2 heterocycles. The fourth-order valence-electron chi connectivity index (χ4n) is 1.57. The quantitative estimate of drug-likeness (QED) is 0.784. The number of carboxylic acid groups (broad SMARTS) is 1. The van der Waals surface area contributed by atoms with Crippen molar-refractivity contribution in [1.82, 2.24) is 9.55 Å². The largest absolute Gasteiger partial charge is 0.478 e. The van der Waals surface area contributed by atoms with Gasteiger partial charge in [0.15, 0.2) is 0 Å². The van der Waals surface area contributed by atoms with E-state index in [1.165, 1.54) is 0 Å². The van der Waals surface area contributed by atoms with Gasteiger partial charge in [0.25, 0.3) is 0 Å². The third kappa shape index (κ3) is 1.16. The molecule has 0 amide bonds. The SMILES string of the molecule is CCn1cc(C(=O)O)c2cnccc21. The van der Waals surface area contributed by atoms with Gasteiger partial charge in [-0.15, -0.1) is 0 Å². The van der Waals surface area contributed by atoms with Crippen LogP contribution in [0.25, 0.3) is 10.9 Å². The number of hydrogen-bond donors (Lipinski definition) is 1. The Hall–Kier alpha value is -1.84. The molecule has 0 spiro atoms. The van der Waals surface area contributed by atoms with Crippen molar-refractivity contribution in [3.05, 3.63) is 30.2 Å². The zero-order valence-corrected chi connectivity index (χ0v) is 7.77. The van der Waals surface area contributed by atoms with Crippen LogP contribution in [0.3, 0.4) is 0 Å². The number of hydrogen-bond acceptors (Lipinski definition) is 2. The number of nitrogens with zero attached hydrogens (tertiary/aromatic N) is 2. The first-order valence-electron chi connectivity index (χ1n) is 4.40. The fraction of sp³-hybridized carbons (Fsp3) is 0.200. The number of aromatic carboxylic acids is 1. The van der Waals surface area contributed by atoms with Crippen molar-refractivity contribution in [2.75, 3.05) is 0 Å². The van der Waals surface area contributed by atoms with E-state index in [4.69, 9.17) is 5.11 Å². The Morgan fingerprint density at radius 3 is 3.07 bits per heavy atom. The molecule has 14 heavy (non-hydrogen) atoms. The second kappa shape index (κ2) is 3.14. The van der Waals surface area contributed by atoms with E-state index in [-0.39, 0.29) is 0 Å². The van der Waals surface area contributed by atoms with E-state index < -0.39 is 5.97 Å². The highest BCUT2D eigenvalue weighted by Gasteiger charge is 2.12. The number of rotatable bonds is 2. The summed E-state index contributed by atoms with van der Waals surface area (Å²) < 4.78 is 1.90. The van der Waals surface area contributed by atoms with E-state index in [1.807, 2.05) is 17.6 Å². The molecule has 0 atom stereocenters. The Morgan fingerprint density at radius 1 is 1.64 bits per heavy atom. The van der Waals surface area contributed by atoms with Gasteiger partial charge in [-0.25, -0.2) is 4.79 Å². The number of carboxylic acids is 1. The Bertz CT molecular complexity index is 488. The first kappa shape index (κ1) is 8.74. The molecule has 0 aliphatic heterocycles. The molecule has 0 saturated carbocycles. The van der Waals surface area contributed by atoms with Crippen molar-refractivity contribution in [3.8, 4) is 0 Å². The summed E-state index contributed by atoms with van der Waals surface area (Å²) >= 11 is 0. The average Bonchev–Trinajstić information content (AvgIpc) is 2.56. The Labute approximate surface area is 80.8 Å². The molecule has 0 unspecified atom stereocenters. The van der Waals surface area contributed by atoms with Crippen molar-refractivity contribution in [2.24, 2.45) is 0 Å². The molecule has 2 aromatic heterocycles. The van der Waals surface area contributed by atoms with Crippen LogP contribution in [-0.2, 0) is 6.54 Å². The molecule has 4 nitrogen and oxygen atoms in total. The number of pyridine rings is 1. The summed E-state index contributed by atoms with van der Waals surface area (Å²) in [4.78, 5) is 14.8. The molecule has 0 fully saturated rings. The summed E-state index contributed by atoms with van der Waals surface area (Å²) in [5.74, 6) is -0.907. The number of aryl methyl sites for hydroxylation is 1. The average molecular weight is 190 g/mol. The molecule has 0 aromatic carbocycles. The first-order valence-corrected chi connectivity index (χ1v) is 4.40. The van der Waals surface area contributed by atoms with Gasteiger partial charge in [-0.3, -0.25) is 4.98 Å². The lowest BCUT2D eigenvalue weighted by atomic mass is 10.2. The van der Waals surface area contributed by atoms with Gasteiger partial charge in [0.2, 0.25) is 0 Å². The van der Waals surface area contributed by atoms with Crippen LogP contribution in [0, 0.1) is 0 Å². The monoisotopic (exact) mass is 190 g/mol. The maximum atomic E-state index is 10.9. The van der Waals surface area contributed by atoms with E-state index in [0.29, 0.717) is 10.9 Å². The van der Waals surface area contributed by atoms with E-state index >= 15 is 0 Å². The van der Waals surface area contributed by atoms with Crippen molar-refractivity contribution >= 4 is 16.9 Å². The maximum absolute atomic E-state index is 10.9. The summed E-state index contributed by atoms with van der Waals surface area (Å²) in [6, 6.07) is 1.82. The number of fused-ring (bicyclic) bond motifs is 1. The lowest BCUT2D eigenvalue weighted by molar-refractivity contribution is 0.0699. The van der Waals surface area contributed by atoms with Gasteiger partial charge >= 0.3 is 5.97 Å². The van der Waals surface area contributed by atoms with Crippen LogP contribution in [0.15, 0.2) is 24.7 Å². The highest BCUT2D eigenvalue weighted by molar-refractivity contribution is 6.03. The van der Waals surface area contributed by atoms with Gasteiger partial charge in [-0.05, 0) is 13.0 Å². The van der Waals surface area contributed by atoms with E-state index in [0.717, 1.165) is 12.1 Å². The van der Waals surface area contributed by atoms with Crippen LogP contribution in [0.1, 0.15) is 17.3 Å². The minimum absolute atomic E-state index is 0.315. The number of aromatic nitrogens is 2.